The second-order valence-electron chi connectivity index (χ2n) is 6.00. The topological polar surface area (TPSA) is 45.8 Å². The molecule has 0 spiro atoms. The van der Waals surface area contributed by atoms with Crippen LogP contribution in [0.4, 0.5) is 0 Å². The van der Waals surface area contributed by atoms with Gasteiger partial charge >= 0.3 is 0 Å². The molecular formula is C21H18N2OS2. The Kier molecular flexibility index (Phi) is 4.91. The molecular weight excluding hydrogens is 360 g/mol. The summed E-state index contributed by atoms with van der Waals surface area (Å²) in [6.45, 7) is 2.00. The van der Waals surface area contributed by atoms with Crippen LogP contribution in [0.1, 0.15) is 23.7 Å². The highest BCUT2D eigenvalue weighted by molar-refractivity contribution is 8.01. The van der Waals surface area contributed by atoms with Crippen molar-refractivity contribution in [1.29, 1.82) is 0 Å². The zero-order valence-corrected chi connectivity index (χ0v) is 16.0. The minimum absolute atomic E-state index is 0.0307. The third-order valence-electron chi connectivity index (χ3n) is 4.36. The molecule has 0 aliphatic rings. The van der Waals surface area contributed by atoms with Crippen LogP contribution in [0, 0.1) is 0 Å². The zero-order valence-electron chi connectivity index (χ0n) is 14.4. The number of nitrogens with one attached hydrogen (secondary N) is 1. The van der Waals surface area contributed by atoms with E-state index in [9.17, 15) is 4.79 Å². The van der Waals surface area contributed by atoms with E-state index in [1.165, 1.54) is 28.1 Å². The van der Waals surface area contributed by atoms with Crippen LogP contribution in [0.3, 0.4) is 0 Å². The minimum Gasteiger partial charge on any atom is -0.301 e. The summed E-state index contributed by atoms with van der Waals surface area (Å²) in [5.74, 6) is 0. The molecule has 1 N–H and O–H groups in total. The van der Waals surface area contributed by atoms with Gasteiger partial charge in [-0.2, -0.15) is 0 Å². The number of hydrogen-bond acceptors (Lipinski definition) is 4. The van der Waals surface area contributed by atoms with Crippen molar-refractivity contribution < 1.29 is 0 Å². The number of H-pyrrole nitrogens is 1. The molecule has 0 bridgehead atoms. The third kappa shape index (κ3) is 3.45. The van der Waals surface area contributed by atoms with Gasteiger partial charge in [-0.05, 0) is 46.0 Å². The van der Waals surface area contributed by atoms with Crippen LogP contribution in [0.5, 0.6) is 0 Å². The van der Waals surface area contributed by atoms with E-state index in [2.05, 4.69) is 41.4 Å². The Hall–Kier alpha value is -2.37. The molecule has 0 unspecified atom stereocenters. The first kappa shape index (κ1) is 17.1. The number of nitrogens with zero attached hydrogens (tertiary/aromatic N) is 1. The maximum absolute atomic E-state index is 12.6. The molecule has 26 heavy (non-hydrogen) atoms. The summed E-state index contributed by atoms with van der Waals surface area (Å²) in [5, 5.41) is 5.11. The zero-order chi connectivity index (χ0) is 17.9. The Morgan fingerprint density at radius 2 is 1.92 bits per heavy atom. The highest BCUT2D eigenvalue weighted by Crippen LogP contribution is 2.29. The third-order valence-corrected chi connectivity index (χ3v) is 6.29. The van der Waals surface area contributed by atoms with Crippen LogP contribution in [0.25, 0.3) is 10.8 Å². The average molecular weight is 379 g/mol. The predicted octanol–water partition coefficient (Wildman–Crippen LogP) is 5.29. The molecule has 5 heteroatoms. The quantitative estimate of drug-likeness (QED) is 0.480. The van der Waals surface area contributed by atoms with E-state index in [1.54, 1.807) is 11.3 Å². The number of fused-ring (bicyclic) bond motifs is 1. The number of thiophene rings is 1. The lowest BCUT2D eigenvalue weighted by molar-refractivity contribution is 0.837. The summed E-state index contributed by atoms with van der Waals surface area (Å²) in [4.78, 5) is 20.3. The monoisotopic (exact) mass is 378 g/mol. The van der Waals surface area contributed by atoms with Crippen LogP contribution in [0.15, 0.2) is 74.1 Å². The van der Waals surface area contributed by atoms with Crippen molar-refractivity contribution in [2.24, 2.45) is 0 Å². The SMILES string of the molecule is CCc1c(Cc2cccc3ccccc23)nc(Sc2cccs2)[nH]c1=O. The fourth-order valence-electron chi connectivity index (χ4n) is 3.12. The molecule has 2 aromatic carbocycles. The Labute approximate surface area is 160 Å². The summed E-state index contributed by atoms with van der Waals surface area (Å²) in [6.07, 6.45) is 1.33. The molecule has 0 saturated heterocycles. The van der Waals surface area contributed by atoms with Gasteiger partial charge in [-0.3, -0.25) is 4.79 Å². The molecule has 4 rings (SSSR count). The Morgan fingerprint density at radius 3 is 2.73 bits per heavy atom. The van der Waals surface area contributed by atoms with Gasteiger partial charge in [0.15, 0.2) is 5.16 Å². The fraction of sp³-hybridized carbons (Fsp3) is 0.143. The summed E-state index contributed by atoms with van der Waals surface area (Å²) in [7, 11) is 0. The highest BCUT2D eigenvalue weighted by atomic mass is 32.2. The maximum Gasteiger partial charge on any atom is 0.254 e. The molecule has 3 nitrogen and oxygen atoms in total. The molecule has 0 radical (unpaired) electrons. The van der Waals surface area contributed by atoms with Gasteiger partial charge in [0.25, 0.3) is 5.56 Å². The lowest BCUT2D eigenvalue weighted by Crippen LogP contribution is -2.18. The molecule has 0 fully saturated rings. The van der Waals surface area contributed by atoms with Crippen molar-refractivity contribution in [3.8, 4) is 0 Å². The molecule has 2 heterocycles. The van der Waals surface area contributed by atoms with Gasteiger partial charge in [-0.25, -0.2) is 4.98 Å². The highest BCUT2D eigenvalue weighted by Gasteiger charge is 2.13. The van der Waals surface area contributed by atoms with Crippen molar-refractivity contribution in [3.63, 3.8) is 0 Å². The van der Waals surface area contributed by atoms with E-state index >= 15 is 0 Å². The van der Waals surface area contributed by atoms with Crippen LogP contribution in [-0.2, 0) is 12.8 Å². The first-order chi connectivity index (χ1) is 12.7. The largest absolute Gasteiger partial charge is 0.301 e. The van der Waals surface area contributed by atoms with E-state index in [-0.39, 0.29) is 5.56 Å². The minimum atomic E-state index is -0.0307. The van der Waals surface area contributed by atoms with Gasteiger partial charge in [0.2, 0.25) is 0 Å². The maximum atomic E-state index is 12.6. The second kappa shape index (κ2) is 7.48. The summed E-state index contributed by atoms with van der Waals surface area (Å²) >= 11 is 3.15. The van der Waals surface area contributed by atoms with Crippen LogP contribution < -0.4 is 5.56 Å². The van der Waals surface area contributed by atoms with Crippen molar-refractivity contribution >= 4 is 33.9 Å². The van der Waals surface area contributed by atoms with Crippen LogP contribution >= 0.6 is 23.1 Å². The average Bonchev–Trinajstić information content (AvgIpc) is 3.15. The summed E-state index contributed by atoms with van der Waals surface area (Å²) in [5.41, 5.74) is 2.81. The first-order valence-electron chi connectivity index (χ1n) is 8.54. The Balaban J connectivity index is 1.76. The van der Waals surface area contributed by atoms with Crippen LogP contribution in [0.2, 0.25) is 0 Å². The molecule has 0 aliphatic heterocycles. The van der Waals surface area contributed by atoms with Gasteiger partial charge in [-0.15, -0.1) is 11.3 Å². The number of aromatic amines is 1. The van der Waals surface area contributed by atoms with Crippen LogP contribution in [-0.4, -0.2) is 9.97 Å². The molecule has 0 aliphatic carbocycles. The van der Waals surface area contributed by atoms with Gasteiger partial charge < -0.3 is 4.98 Å². The predicted molar refractivity (Wildman–Crippen MR) is 109 cm³/mol. The lowest BCUT2D eigenvalue weighted by Gasteiger charge is -2.10. The fourth-order valence-corrected chi connectivity index (χ4v) is 4.81. The normalized spacial score (nSPS) is 11.1. The molecule has 2 aromatic heterocycles. The standard InChI is InChI=1S/C21H18N2OS2/c1-2-16-18(13-15-9-5-8-14-7-3-4-10-17(14)15)22-21(23-20(16)24)26-19-11-6-12-25-19/h3-12H,2,13H2,1H3,(H,22,23,24). The van der Waals surface area contributed by atoms with Gasteiger partial charge in [0.05, 0.1) is 9.90 Å². The summed E-state index contributed by atoms with van der Waals surface area (Å²) in [6, 6.07) is 18.7. The second-order valence-corrected chi connectivity index (χ2v) is 8.24. The molecule has 0 saturated carbocycles. The van der Waals surface area contributed by atoms with Crippen molar-refractivity contribution in [1.82, 2.24) is 9.97 Å². The van der Waals surface area contributed by atoms with Crippen molar-refractivity contribution in [3.05, 3.63) is 87.2 Å². The number of benzene rings is 2. The van der Waals surface area contributed by atoms with Gasteiger partial charge in [0, 0.05) is 12.0 Å². The molecule has 0 amide bonds. The van der Waals surface area contributed by atoms with Gasteiger partial charge in [-0.1, -0.05) is 55.5 Å². The number of hydrogen-bond donors (Lipinski definition) is 1. The first-order valence-corrected chi connectivity index (χ1v) is 10.2. The molecule has 0 atom stereocenters. The van der Waals surface area contributed by atoms with E-state index < -0.39 is 0 Å². The Bertz CT molecular complexity index is 1100. The van der Waals surface area contributed by atoms with E-state index in [4.69, 9.17) is 4.98 Å². The van der Waals surface area contributed by atoms with E-state index in [1.807, 2.05) is 30.5 Å². The lowest BCUT2D eigenvalue weighted by atomic mass is 9.99. The molecule has 4 aromatic rings. The van der Waals surface area contributed by atoms with E-state index in [0.29, 0.717) is 18.0 Å². The van der Waals surface area contributed by atoms with Crippen molar-refractivity contribution in [2.75, 3.05) is 0 Å². The molecule has 130 valence electrons. The smallest absolute Gasteiger partial charge is 0.254 e. The van der Waals surface area contributed by atoms with Gasteiger partial charge in [0.1, 0.15) is 0 Å². The number of aromatic nitrogens is 2. The Morgan fingerprint density at radius 1 is 1.08 bits per heavy atom. The van der Waals surface area contributed by atoms with E-state index in [0.717, 1.165) is 15.5 Å². The van der Waals surface area contributed by atoms with Crippen molar-refractivity contribution in [2.45, 2.75) is 29.1 Å². The summed E-state index contributed by atoms with van der Waals surface area (Å²) < 4.78 is 1.12. The number of rotatable bonds is 5.